The van der Waals surface area contributed by atoms with E-state index in [-0.39, 0.29) is 18.0 Å². The van der Waals surface area contributed by atoms with Crippen molar-refractivity contribution in [2.75, 3.05) is 0 Å². The second kappa shape index (κ2) is 8.59. The zero-order chi connectivity index (χ0) is 24.0. The predicted octanol–water partition coefficient (Wildman–Crippen LogP) is 5.24. The van der Waals surface area contributed by atoms with Crippen LogP contribution in [0.25, 0.3) is 22.2 Å². The van der Waals surface area contributed by atoms with Crippen LogP contribution in [0.1, 0.15) is 54.3 Å². The van der Waals surface area contributed by atoms with Crippen LogP contribution >= 0.6 is 0 Å². The van der Waals surface area contributed by atoms with Gasteiger partial charge in [0.15, 0.2) is 0 Å². The maximum atomic E-state index is 14.0. The van der Waals surface area contributed by atoms with E-state index in [1.165, 1.54) is 18.5 Å². The Hall–Kier alpha value is -3.68. The summed E-state index contributed by atoms with van der Waals surface area (Å²) in [4.78, 5) is 24.0. The monoisotopic (exact) mass is 461 g/mol. The Bertz CT molecular complexity index is 1380. The van der Waals surface area contributed by atoms with E-state index in [0.717, 1.165) is 34.6 Å². The Morgan fingerprint density at radius 2 is 1.85 bits per heavy atom. The van der Waals surface area contributed by atoms with Gasteiger partial charge in [-0.1, -0.05) is 13.8 Å². The van der Waals surface area contributed by atoms with Gasteiger partial charge in [0.05, 0.1) is 22.9 Å². The van der Waals surface area contributed by atoms with Crippen LogP contribution in [-0.4, -0.2) is 36.6 Å². The lowest BCUT2D eigenvalue weighted by Gasteiger charge is -2.41. The lowest BCUT2D eigenvalue weighted by atomic mass is 9.87. The van der Waals surface area contributed by atoms with E-state index in [2.05, 4.69) is 16.9 Å². The number of hydrogen-bond acceptors (Lipinski definition) is 4. The minimum absolute atomic E-state index is 0.0703. The number of aryl methyl sites for hydroxylation is 1. The van der Waals surface area contributed by atoms with Crippen LogP contribution in [0, 0.1) is 11.6 Å². The number of hydrogen-bond donors (Lipinski definition) is 0. The van der Waals surface area contributed by atoms with Gasteiger partial charge in [-0.25, -0.2) is 18.7 Å². The lowest BCUT2D eigenvalue weighted by Crippen LogP contribution is -2.47. The summed E-state index contributed by atoms with van der Waals surface area (Å²) in [5.74, 6) is -1.33. The van der Waals surface area contributed by atoms with Gasteiger partial charge in [-0.2, -0.15) is 5.10 Å². The maximum absolute atomic E-state index is 14.0. The quantitative estimate of drug-likeness (QED) is 0.417. The Morgan fingerprint density at radius 3 is 2.56 bits per heavy atom. The molecule has 5 rings (SSSR count). The molecule has 1 aliphatic rings. The highest BCUT2D eigenvalue weighted by atomic mass is 19.1. The molecule has 2 unspecified atom stereocenters. The van der Waals surface area contributed by atoms with Crippen LogP contribution in [0.5, 0.6) is 0 Å². The van der Waals surface area contributed by atoms with Gasteiger partial charge >= 0.3 is 0 Å². The Balaban J connectivity index is 1.60. The summed E-state index contributed by atoms with van der Waals surface area (Å²) in [6.45, 7) is 4.08. The smallest absolute Gasteiger partial charge is 0.254 e. The van der Waals surface area contributed by atoms with Gasteiger partial charge in [-0.05, 0) is 49.6 Å². The molecule has 0 spiro atoms. The molecule has 2 atom stereocenters. The summed E-state index contributed by atoms with van der Waals surface area (Å²) in [5, 5.41) is 5.55. The highest BCUT2D eigenvalue weighted by Crippen LogP contribution is 2.41. The largest absolute Gasteiger partial charge is 0.327 e. The lowest BCUT2D eigenvalue weighted by molar-refractivity contribution is 0.0513. The number of rotatable bonds is 4. The van der Waals surface area contributed by atoms with Crippen molar-refractivity contribution < 1.29 is 13.6 Å². The van der Waals surface area contributed by atoms with Crippen molar-refractivity contribution in [3.05, 3.63) is 77.4 Å². The third-order valence-electron chi connectivity index (χ3n) is 6.64. The number of amides is 1. The first-order valence-electron chi connectivity index (χ1n) is 11.5. The van der Waals surface area contributed by atoms with Crippen molar-refractivity contribution in [1.29, 1.82) is 0 Å². The molecule has 1 amide bonds. The number of carbonyl (C=O) groups is 1. The zero-order valence-electron chi connectivity index (χ0n) is 19.3. The first-order chi connectivity index (χ1) is 16.4. The van der Waals surface area contributed by atoms with Gasteiger partial charge < -0.3 is 4.90 Å². The molecule has 2 aromatic heterocycles. The highest BCUT2D eigenvalue weighted by Gasteiger charge is 2.40. The third-order valence-corrected chi connectivity index (χ3v) is 6.64. The van der Waals surface area contributed by atoms with Crippen molar-refractivity contribution in [2.24, 2.45) is 7.05 Å². The molecule has 2 aromatic carbocycles. The normalized spacial score (nSPS) is 17.7. The number of halogens is 2. The van der Waals surface area contributed by atoms with E-state index >= 15 is 0 Å². The van der Waals surface area contributed by atoms with Gasteiger partial charge in [0.25, 0.3) is 5.91 Å². The molecule has 0 fully saturated rings. The highest BCUT2D eigenvalue weighted by molar-refractivity contribution is 5.98. The van der Waals surface area contributed by atoms with Gasteiger partial charge in [0.1, 0.15) is 18.0 Å². The molecule has 1 aliphatic heterocycles. The molecule has 4 aromatic rings. The van der Waals surface area contributed by atoms with E-state index in [1.807, 2.05) is 24.0 Å². The molecule has 0 saturated heterocycles. The van der Waals surface area contributed by atoms with Crippen LogP contribution in [0.2, 0.25) is 0 Å². The van der Waals surface area contributed by atoms with Crippen molar-refractivity contribution >= 4 is 16.8 Å². The SMILES string of the molecule is CCC1Cc2c(nn(C)c2-c2cc(F)cc(F)c2)C(CC)N1C(=O)c1ccc2ncncc2c1. The summed E-state index contributed by atoms with van der Waals surface area (Å²) < 4.78 is 29.7. The second-order valence-corrected chi connectivity index (χ2v) is 8.69. The standard InChI is InChI=1S/C26H25F2N5O/c1-4-20-12-21-24(31-32(3)25(21)16-9-18(27)11-19(28)10-16)23(5-2)33(20)26(34)15-6-7-22-17(8-15)13-29-14-30-22/h6-11,13-14,20,23H,4-5,12H2,1-3H3. The zero-order valence-corrected chi connectivity index (χ0v) is 19.3. The topological polar surface area (TPSA) is 63.9 Å². The fourth-order valence-electron chi connectivity index (χ4n) is 5.13. The Labute approximate surface area is 196 Å². The number of aromatic nitrogens is 4. The average Bonchev–Trinajstić information content (AvgIpc) is 3.16. The molecule has 0 radical (unpaired) electrons. The second-order valence-electron chi connectivity index (χ2n) is 8.69. The Morgan fingerprint density at radius 1 is 1.09 bits per heavy atom. The molecule has 0 N–H and O–H groups in total. The molecule has 3 heterocycles. The van der Waals surface area contributed by atoms with Crippen molar-refractivity contribution in [3.63, 3.8) is 0 Å². The van der Waals surface area contributed by atoms with E-state index in [4.69, 9.17) is 5.10 Å². The molecule has 0 saturated carbocycles. The van der Waals surface area contributed by atoms with Crippen LogP contribution < -0.4 is 0 Å². The fourth-order valence-corrected chi connectivity index (χ4v) is 5.13. The van der Waals surface area contributed by atoms with Crippen LogP contribution in [0.15, 0.2) is 48.9 Å². The van der Waals surface area contributed by atoms with E-state index in [9.17, 15) is 13.6 Å². The molecular weight excluding hydrogens is 436 g/mol. The fraction of sp³-hybridized carbons (Fsp3) is 0.308. The summed E-state index contributed by atoms with van der Waals surface area (Å²) in [6, 6.07) is 8.66. The minimum atomic E-state index is -0.628. The van der Waals surface area contributed by atoms with E-state index in [1.54, 1.807) is 24.0 Å². The minimum Gasteiger partial charge on any atom is -0.327 e. The molecule has 6 nitrogen and oxygen atoms in total. The summed E-state index contributed by atoms with van der Waals surface area (Å²) in [7, 11) is 1.78. The number of fused-ring (bicyclic) bond motifs is 2. The predicted molar refractivity (Wildman–Crippen MR) is 125 cm³/mol. The van der Waals surface area contributed by atoms with Crippen LogP contribution in [0.3, 0.4) is 0 Å². The first kappa shape index (κ1) is 22.1. The van der Waals surface area contributed by atoms with Gasteiger partial charge in [-0.3, -0.25) is 9.48 Å². The van der Waals surface area contributed by atoms with Crippen LogP contribution in [0.4, 0.5) is 8.78 Å². The molecular formula is C26H25F2N5O. The van der Waals surface area contributed by atoms with Gasteiger partial charge in [-0.15, -0.1) is 0 Å². The summed E-state index contributed by atoms with van der Waals surface area (Å²) >= 11 is 0. The number of nitrogens with zero attached hydrogens (tertiary/aromatic N) is 5. The third kappa shape index (κ3) is 3.63. The number of carbonyl (C=O) groups excluding carboxylic acids is 1. The van der Waals surface area contributed by atoms with Crippen LogP contribution in [-0.2, 0) is 13.5 Å². The maximum Gasteiger partial charge on any atom is 0.254 e. The van der Waals surface area contributed by atoms with Gasteiger partial charge in [0, 0.05) is 47.4 Å². The van der Waals surface area contributed by atoms with Crippen molar-refractivity contribution in [3.8, 4) is 11.3 Å². The molecule has 8 heteroatoms. The average molecular weight is 462 g/mol. The number of benzene rings is 2. The molecule has 174 valence electrons. The summed E-state index contributed by atoms with van der Waals surface area (Å²) in [6.07, 6.45) is 5.15. The first-order valence-corrected chi connectivity index (χ1v) is 11.5. The van der Waals surface area contributed by atoms with Crippen molar-refractivity contribution in [2.45, 2.75) is 45.2 Å². The van der Waals surface area contributed by atoms with E-state index in [0.29, 0.717) is 29.7 Å². The summed E-state index contributed by atoms with van der Waals surface area (Å²) in [5.41, 5.74) is 4.23. The van der Waals surface area contributed by atoms with Crippen molar-refractivity contribution in [1.82, 2.24) is 24.6 Å². The Kier molecular flexibility index (Phi) is 5.59. The van der Waals surface area contributed by atoms with Gasteiger partial charge in [0.2, 0.25) is 0 Å². The molecule has 0 bridgehead atoms. The van der Waals surface area contributed by atoms with E-state index < -0.39 is 11.6 Å². The molecule has 0 aliphatic carbocycles. The molecule has 34 heavy (non-hydrogen) atoms.